The molecule has 58 valence electrons. The molecule has 1 aromatic rings. The maximum atomic E-state index is 10.7. The van der Waals surface area contributed by atoms with Gasteiger partial charge in [0.2, 0.25) is 0 Å². The molecule has 0 amide bonds. The van der Waals surface area contributed by atoms with Crippen LogP contribution in [0.3, 0.4) is 0 Å². The Hall–Kier alpha value is -0.890. The Balaban J connectivity index is 3.23. The van der Waals surface area contributed by atoms with E-state index in [0.29, 0.717) is 5.69 Å². The molecule has 0 atom stereocenters. The lowest BCUT2D eigenvalue weighted by atomic mass is 10.2. The molecule has 0 saturated heterocycles. The monoisotopic (exact) mass is 169 g/mol. The van der Waals surface area contributed by atoms with Crippen LogP contribution in [-0.4, -0.2) is 10.2 Å². The van der Waals surface area contributed by atoms with E-state index in [-0.39, 0.29) is 0 Å². The number of halogens is 1. The summed E-state index contributed by atoms with van der Waals surface area (Å²) in [4.78, 5) is 14.7. The van der Waals surface area contributed by atoms with Crippen LogP contribution in [0.15, 0.2) is 12.1 Å². The maximum absolute atomic E-state index is 10.7. The van der Waals surface area contributed by atoms with Gasteiger partial charge in [-0.15, -0.1) is 0 Å². The van der Waals surface area contributed by atoms with Gasteiger partial charge < -0.3 is 0 Å². The van der Waals surface area contributed by atoms with E-state index < -0.39 is 5.24 Å². The number of hydrogen-bond donors (Lipinski definition) is 0. The number of hydrogen-bond acceptors (Lipinski definition) is 2. The first kappa shape index (κ1) is 8.21. The number of rotatable bonds is 1. The van der Waals surface area contributed by atoms with E-state index in [4.69, 9.17) is 11.6 Å². The molecule has 0 bridgehead atoms. The second-order valence-electron chi connectivity index (χ2n) is 2.39. The van der Waals surface area contributed by atoms with Gasteiger partial charge in [0.15, 0.2) is 0 Å². The molecule has 0 aliphatic heterocycles. The highest BCUT2D eigenvalue weighted by Crippen LogP contribution is 2.08. The van der Waals surface area contributed by atoms with Crippen molar-refractivity contribution >= 4 is 16.8 Å². The molecule has 1 rings (SSSR count). The summed E-state index contributed by atoms with van der Waals surface area (Å²) >= 11 is 5.28. The number of carbonyl (C=O) groups excluding carboxylic acids is 1. The molecule has 0 radical (unpaired) electrons. The van der Waals surface area contributed by atoms with Gasteiger partial charge in [-0.05, 0) is 37.1 Å². The summed E-state index contributed by atoms with van der Waals surface area (Å²) in [5.41, 5.74) is 1.97. The number of aryl methyl sites for hydroxylation is 2. The van der Waals surface area contributed by atoms with Gasteiger partial charge in [-0.3, -0.25) is 4.79 Å². The second kappa shape index (κ2) is 3.01. The molecule has 0 fully saturated rings. The highest BCUT2D eigenvalue weighted by atomic mass is 35.5. The third-order valence-electron chi connectivity index (χ3n) is 1.42. The molecule has 11 heavy (non-hydrogen) atoms. The van der Waals surface area contributed by atoms with Gasteiger partial charge in [-0.1, -0.05) is 6.07 Å². The van der Waals surface area contributed by atoms with E-state index in [1.54, 1.807) is 0 Å². The highest BCUT2D eigenvalue weighted by Gasteiger charge is 2.06. The van der Waals surface area contributed by atoms with Crippen molar-refractivity contribution in [1.29, 1.82) is 0 Å². The fourth-order valence-electron chi connectivity index (χ4n) is 0.825. The topological polar surface area (TPSA) is 30.0 Å². The lowest BCUT2D eigenvalue weighted by molar-refractivity contribution is 0.107. The lowest BCUT2D eigenvalue weighted by Gasteiger charge is -1.99. The quantitative estimate of drug-likeness (QED) is 0.603. The van der Waals surface area contributed by atoms with E-state index in [1.807, 2.05) is 26.0 Å². The van der Waals surface area contributed by atoms with Crippen LogP contribution in [0.1, 0.15) is 21.7 Å². The van der Waals surface area contributed by atoms with Gasteiger partial charge in [0.25, 0.3) is 5.24 Å². The average molecular weight is 170 g/mol. The molecule has 0 saturated carbocycles. The molecule has 0 N–H and O–H groups in total. The lowest BCUT2D eigenvalue weighted by Crippen LogP contribution is -1.98. The van der Waals surface area contributed by atoms with Crippen molar-refractivity contribution in [2.75, 3.05) is 0 Å². The molecule has 0 spiro atoms. The van der Waals surface area contributed by atoms with Gasteiger partial charge in [0, 0.05) is 5.69 Å². The van der Waals surface area contributed by atoms with E-state index in [0.717, 1.165) is 11.3 Å². The largest absolute Gasteiger partial charge is 0.274 e. The van der Waals surface area contributed by atoms with Crippen LogP contribution < -0.4 is 0 Å². The molecule has 3 heteroatoms. The Morgan fingerprint density at radius 1 is 1.45 bits per heavy atom. The zero-order valence-electron chi connectivity index (χ0n) is 6.39. The molecule has 0 aromatic carbocycles. The van der Waals surface area contributed by atoms with E-state index in [1.165, 1.54) is 0 Å². The highest BCUT2D eigenvalue weighted by molar-refractivity contribution is 6.67. The SMILES string of the molecule is Cc1ccc(C)c(C(=O)Cl)n1. The van der Waals surface area contributed by atoms with Gasteiger partial charge in [-0.25, -0.2) is 4.98 Å². The molecule has 2 nitrogen and oxygen atoms in total. The molecule has 1 heterocycles. The van der Waals surface area contributed by atoms with Crippen molar-refractivity contribution in [1.82, 2.24) is 4.98 Å². The summed E-state index contributed by atoms with van der Waals surface area (Å²) in [7, 11) is 0. The van der Waals surface area contributed by atoms with Gasteiger partial charge in [-0.2, -0.15) is 0 Å². The fraction of sp³-hybridized carbons (Fsp3) is 0.250. The third-order valence-corrected chi connectivity index (χ3v) is 1.60. The first-order chi connectivity index (χ1) is 5.11. The molecule has 1 aromatic heterocycles. The first-order valence-electron chi connectivity index (χ1n) is 3.25. The van der Waals surface area contributed by atoms with Crippen molar-refractivity contribution in [3.63, 3.8) is 0 Å². The summed E-state index contributed by atoms with van der Waals surface area (Å²) in [6, 6.07) is 3.68. The van der Waals surface area contributed by atoms with Crippen LogP contribution in [0.5, 0.6) is 0 Å². The van der Waals surface area contributed by atoms with Crippen LogP contribution in [0.25, 0.3) is 0 Å². The Morgan fingerprint density at radius 2 is 2.09 bits per heavy atom. The predicted molar refractivity (Wildman–Crippen MR) is 43.9 cm³/mol. The summed E-state index contributed by atoms with van der Waals surface area (Å²) < 4.78 is 0. The summed E-state index contributed by atoms with van der Waals surface area (Å²) in [5, 5.41) is -0.494. The fourth-order valence-corrected chi connectivity index (χ4v) is 1.02. The maximum Gasteiger partial charge on any atom is 0.271 e. The molecular formula is C8H8ClNO. The van der Waals surface area contributed by atoms with Crippen LogP contribution in [0, 0.1) is 13.8 Å². The smallest absolute Gasteiger partial charge is 0.271 e. The molecule has 0 aliphatic carbocycles. The van der Waals surface area contributed by atoms with Crippen molar-refractivity contribution in [3.8, 4) is 0 Å². The van der Waals surface area contributed by atoms with E-state index in [9.17, 15) is 4.79 Å². The number of aromatic nitrogens is 1. The summed E-state index contributed by atoms with van der Waals surface area (Å²) in [5.74, 6) is 0. The van der Waals surface area contributed by atoms with Crippen molar-refractivity contribution in [3.05, 3.63) is 29.1 Å². The Labute approximate surface area is 70.2 Å². The van der Waals surface area contributed by atoms with Crippen molar-refractivity contribution in [2.45, 2.75) is 13.8 Å². The Kier molecular flexibility index (Phi) is 2.25. The summed E-state index contributed by atoms with van der Waals surface area (Å²) in [6.45, 7) is 3.63. The summed E-state index contributed by atoms with van der Waals surface area (Å²) in [6.07, 6.45) is 0. The minimum absolute atomic E-state index is 0.353. The number of nitrogens with zero attached hydrogens (tertiary/aromatic N) is 1. The zero-order valence-corrected chi connectivity index (χ0v) is 7.14. The normalized spacial score (nSPS) is 9.73. The van der Waals surface area contributed by atoms with Crippen LogP contribution in [0.2, 0.25) is 0 Å². The zero-order chi connectivity index (χ0) is 8.43. The molecule has 0 unspecified atom stereocenters. The van der Waals surface area contributed by atoms with Gasteiger partial charge in [0.05, 0.1) is 0 Å². The van der Waals surface area contributed by atoms with Crippen LogP contribution in [0.4, 0.5) is 0 Å². The predicted octanol–water partition coefficient (Wildman–Crippen LogP) is 2.08. The molecule has 0 aliphatic rings. The molecular weight excluding hydrogens is 162 g/mol. The van der Waals surface area contributed by atoms with E-state index >= 15 is 0 Å². The Morgan fingerprint density at radius 3 is 2.55 bits per heavy atom. The van der Waals surface area contributed by atoms with Crippen molar-refractivity contribution in [2.24, 2.45) is 0 Å². The van der Waals surface area contributed by atoms with Gasteiger partial charge >= 0.3 is 0 Å². The Bertz CT molecular complexity index is 296. The van der Waals surface area contributed by atoms with Crippen LogP contribution in [-0.2, 0) is 0 Å². The third kappa shape index (κ3) is 1.77. The number of carbonyl (C=O) groups is 1. The first-order valence-corrected chi connectivity index (χ1v) is 3.63. The van der Waals surface area contributed by atoms with Crippen molar-refractivity contribution < 1.29 is 4.79 Å². The standard InChI is InChI=1S/C8H8ClNO/c1-5-3-4-6(2)10-7(5)8(9)11/h3-4H,1-2H3. The van der Waals surface area contributed by atoms with Crippen LogP contribution >= 0.6 is 11.6 Å². The van der Waals surface area contributed by atoms with E-state index in [2.05, 4.69) is 4.98 Å². The minimum Gasteiger partial charge on any atom is -0.274 e. The number of pyridine rings is 1. The average Bonchev–Trinajstić information content (AvgIpc) is 1.94. The van der Waals surface area contributed by atoms with Gasteiger partial charge in [0.1, 0.15) is 5.69 Å². The second-order valence-corrected chi connectivity index (χ2v) is 2.74. The minimum atomic E-state index is -0.494.